The van der Waals surface area contributed by atoms with Gasteiger partial charge in [-0.25, -0.2) is 4.98 Å². The van der Waals surface area contributed by atoms with E-state index < -0.39 is 0 Å². The fourth-order valence-corrected chi connectivity index (χ4v) is 3.92. The number of hydrogen-bond donors (Lipinski definition) is 2. The highest BCUT2D eigenvalue weighted by Crippen LogP contribution is 2.25. The molecule has 0 aromatic carbocycles. The first-order valence-corrected chi connectivity index (χ1v) is 9.62. The summed E-state index contributed by atoms with van der Waals surface area (Å²) in [5.74, 6) is 2.49. The van der Waals surface area contributed by atoms with Gasteiger partial charge in [0.05, 0.1) is 5.02 Å². The Labute approximate surface area is 178 Å². The van der Waals surface area contributed by atoms with E-state index in [1.54, 1.807) is 6.20 Å². The van der Waals surface area contributed by atoms with Crippen molar-refractivity contribution in [2.75, 3.05) is 51.2 Å². The maximum Gasteiger partial charge on any atom is 0.191 e. The summed E-state index contributed by atoms with van der Waals surface area (Å²) in [5, 5.41) is 7.76. The van der Waals surface area contributed by atoms with Gasteiger partial charge in [0.1, 0.15) is 5.82 Å². The van der Waals surface area contributed by atoms with Crippen LogP contribution in [0, 0.1) is 5.92 Å². The summed E-state index contributed by atoms with van der Waals surface area (Å²) in [7, 11) is 1.84. The molecule has 2 atom stereocenters. The molecule has 2 fully saturated rings. The molecular weight excluding hydrogens is 463 g/mol. The number of nitrogens with one attached hydrogen (secondary N) is 2. The van der Waals surface area contributed by atoms with Gasteiger partial charge in [-0.2, -0.15) is 0 Å². The highest BCUT2D eigenvalue weighted by Gasteiger charge is 2.26. The molecule has 3 heterocycles. The number of guanidine groups is 1. The van der Waals surface area contributed by atoms with Crippen molar-refractivity contribution in [2.24, 2.45) is 10.9 Å². The highest BCUT2D eigenvalue weighted by atomic mass is 127. The zero-order chi connectivity index (χ0) is 17.6. The molecule has 0 amide bonds. The molecule has 0 saturated carbocycles. The van der Waals surface area contributed by atoms with E-state index in [-0.39, 0.29) is 24.0 Å². The number of rotatable bonds is 5. The lowest BCUT2D eigenvalue weighted by Crippen LogP contribution is -2.46. The summed E-state index contributed by atoms with van der Waals surface area (Å²) in [5.41, 5.74) is 0. The van der Waals surface area contributed by atoms with Crippen LogP contribution in [0.25, 0.3) is 0 Å². The number of likely N-dealkylation sites (tertiary alicyclic amines) is 1. The van der Waals surface area contributed by atoms with E-state index in [9.17, 15) is 0 Å². The monoisotopic (exact) mass is 492 g/mol. The predicted molar refractivity (Wildman–Crippen MR) is 120 cm³/mol. The maximum atomic E-state index is 6.27. The van der Waals surface area contributed by atoms with E-state index >= 15 is 0 Å². The van der Waals surface area contributed by atoms with Gasteiger partial charge in [0, 0.05) is 45.5 Å². The summed E-state index contributed by atoms with van der Waals surface area (Å²) >= 11 is 6.27. The lowest BCUT2D eigenvalue weighted by molar-refractivity contribution is 0.341. The Hall–Kier alpha value is -0.800. The van der Waals surface area contributed by atoms with Crippen LogP contribution in [0.5, 0.6) is 0 Å². The van der Waals surface area contributed by atoms with Crippen LogP contribution in [0.3, 0.4) is 0 Å². The average Bonchev–Trinajstić information content (AvgIpc) is 3.28. The SMILES string of the molecule is CCN1CCC(CNC(=NC)NC2CCN(c3ncccc3Cl)C2)C1.I. The Morgan fingerprint density at radius 3 is 2.88 bits per heavy atom. The van der Waals surface area contributed by atoms with Crippen LogP contribution in [-0.4, -0.2) is 68.2 Å². The first kappa shape index (κ1) is 21.5. The lowest BCUT2D eigenvalue weighted by atomic mass is 10.1. The molecule has 0 bridgehead atoms. The molecule has 0 radical (unpaired) electrons. The van der Waals surface area contributed by atoms with E-state index in [2.05, 4.69) is 37.3 Å². The Kier molecular flexibility index (Phi) is 8.69. The third-order valence-electron chi connectivity index (χ3n) is 5.17. The summed E-state index contributed by atoms with van der Waals surface area (Å²) in [6.07, 6.45) is 4.12. The summed E-state index contributed by atoms with van der Waals surface area (Å²) < 4.78 is 0. The molecule has 2 aliphatic heterocycles. The van der Waals surface area contributed by atoms with E-state index in [0.29, 0.717) is 17.0 Å². The van der Waals surface area contributed by atoms with Gasteiger partial charge < -0.3 is 20.4 Å². The molecule has 1 aromatic heterocycles. The van der Waals surface area contributed by atoms with Crippen molar-refractivity contribution in [1.82, 2.24) is 20.5 Å². The minimum absolute atomic E-state index is 0. The van der Waals surface area contributed by atoms with Gasteiger partial charge in [-0.15, -0.1) is 24.0 Å². The Morgan fingerprint density at radius 1 is 1.35 bits per heavy atom. The standard InChI is InChI=1S/C18H29ClN6.HI/c1-3-24-9-6-14(12-24)11-22-18(20-2)23-15-7-10-25(13-15)17-16(19)5-4-8-21-17;/h4-5,8,14-15H,3,6-7,9-13H2,1-2H3,(H2,20,22,23);1H. The summed E-state index contributed by atoms with van der Waals surface area (Å²) in [6, 6.07) is 4.12. The van der Waals surface area contributed by atoms with Crippen LogP contribution in [0.1, 0.15) is 19.8 Å². The van der Waals surface area contributed by atoms with E-state index in [0.717, 1.165) is 44.4 Å². The maximum absolute atomic E-state index is 6.27. The topological polar surface area (TPSA) is 55.8 Å². The van der Waals surface area contributed by atoms with Crippen LogP contribution in [0.2, 0.25) is 5.02 Å². The van der Waals surface area contributed by atoms with Crippen molar-refractivity contribution in [3.05, 3.63) is 23.4 Å². The van der Waals surface area contributed by atoms with E-state index in [1.807, 2.05) is 19.2 Å². The van der Waals surface area contributed by atoms with Gasteiger partial charge in [0.15, 0.2) is 5.96 Å². The molecular formula is C18H30ClIN6. The smallest absolute Gasteiger partial charge is 0.191 e. The van der Waals surface area contributed by atoms with Gasteiger partial charge in [0.2, 0.25) is 0 Å². The second-order valence-corrected chi connectivity index (χ2v) is 7.29. The van der Waals surface area contributed by atoms with Crippen molar-refractivity contribution in [3.8, 4) is 0 Å². The Morgan fingerprint density at radius 2 is 2.19 bits per heavy atom. The number of pyridine rings is 1. The number of aliphatic imine (C=N–C) groups is 1. The zero-order valence-electron chi connectivity index (χ0n) is 15.6. The van der Waals surface area contributed by atoms with Gasteiger partial charge >= 0.3 is 0 Å². The predicted octanol–water partition coefficient (Wildman–Crippen LogP) is 2.44. The van der Waals surface area contributed by atoms with Gasteiger partial charge in [0.25, 0.3) is 0 Å². The second-order valence-electron chi connectivity index (χ2n) is 6.89. The van der Waals surface area contributed by atoms with Crippen molar-refractivity contribution in [1.29, 1.82) is 0 Å². The van der Waals surface area contributed by atoms with Crippen molar-refractivity contribution in [2.45, 2.75) is 25.8 Å². The molecule has 146 valence electrons. The molecule has 8 heteroatoms. The van der Waals surface area contributed by atoms with Crippen molar-refractivity contribution in [3.63, 3.8) is 0 Å². The third kappa shape index (κ3) is 5.60. The normalized spacial score (nSPS) is 23.8. The van der Waals surface area contributed by atoms with E-state index in [4.69, 9.17) is 11.6 Å². The largest absolute Gasteiger partial charge is 0.356 e. The van der Waals surface area contributed by atoms with Crippen molar-refractivity contribution < 1.29 is 0 Å². The number of nitrogens with zero attached hydrogens (tertiary/aromatic N) is 4. The first-order chi connectivity index (χ1) is 12.2. The first-order valence-electron chi connectivity index (χ1n) is 9.24. The summed E-state index contributed by atoms with van der Waals surface area (Å²) in [4.78, 5) is 13.5. The van der Waals surface area contributed by atoms with Gasteiger partial charge in [-0.05, 0) is 44.0 Å². The number of halogens is 2. The molecule has 26 heavy (non-hydrogen) atoms. The minimum atomic E-state index is 0. The highest BCUT2D eigenvalue weighted by molar-refractivity contribution is 14.0. The number of aromatic nitrogens is 1. The molecule has 2 aliphatic rings. The van der Waals surface area contributed by atoms with E-state index in [1.165, 1.54) is 19.5 Å². The molecule has 2 N–H and O–H groups in total. The second kappa shape index (κ2) is 10.5. The quantitative estimate of drug-likeness (QED) is 0.376. The van der Waals surface area contributed by atoms with Crippen LogP contribution in [-0.2, 0) is 0 Å². The molecule has 2 unspecified atom stereocenters. The number of hydrogen-bond acceptors (Lipinski definition) is 4. The molecule has 0 spiro atoms. The molecule has 2 saturated heterocycles. The van der Waals surface area contributed by atoms with Crippen LogP contribution >= 0.6 is 35.6 Å². The average molecular weight is 493 g/mol. The van der Waals surface area contributed by atoms with Gasteiger partial charge in [-0.1, -0.05) is 18.5 Å². The molecule has 0 aliphatic carbocycles. The fraction of sp³-hybridized carbons (Fsp3) is 0.667. The van der Waals surface area contributed by atoms with Crippen LogP contribution in [0.4, 0.5) is 5.82 Å². The zero-order valence-corrected chi connectivity index (χ0v) is 18.7. The van der Waals surface area contributed by atoms with Crippen LogP contribution in [0.15, 0.2) is 23.3 Å². The third-order valence-corrected chi connectivity index (χ3v) is 5.46. The fourth-order valence-electron chi connectivity index (χ4n) is 3.68. The lowest BCUT2D eigenvalue weighted by Gasteiger charge is -2.21. The Bertz CT molecular complexity index is 599. The summed E-state index contributed by atoms with van der Waals surface area (Å²) in [6.45, 7) is 8.63. The number of anilines is 1. The Balaban J connectivity index is 0.00000243. The van der Waals surface area contributed by atoms with Gasteiger partial charge in [-0.3, -0.25) is 4.99 Å². The minimum Gasteiger partial charge on any atom is -0.356 e. The van der Waals surface area contributed by atoms with Crippen molar-refractivity contribution >= 4 is 47.4 Å². The molecule has 3 rings (SSSR count). The molecule has 6 nitrogen and oxygen atoms in total. The molecule has 1 aromatic rings. The van der Waals surface area contributed by atoms with Crippen LogP contribution < -0.4 is 15.5 Å².